The van der Waals surface area contributed by atoms with E-state index in [0.717, 1.165) is 56.7 Å². The molecule has 1 aromatic rings. The zero-order valence-corrected chi connectivity index (χ0v) is 21.3. The maximum Gasteiger partial charge on any atom is 0.237 e. The summed E-state index contributed by atoms with van der Waals surface area (Å²) in [6.45, 7) is 11.6. The summed E-state index contributed by atoms with van der Waals surface area (Å²) in [7, 11) is 1.76. The highest BCUT2D eigenvalue weighted by Crippen LogP contribution is 2.34. The van der Waals surface area contributed by atoms with Gasteiger partial charge in [0.2, 0.25) is 5.91 Å². The third kappa shape index (κ3) is 6.25. The predicted octanol–water partition coefficient (Wildman–Crippen LogP) is 3.98. The van der Waals surface area contributed by atoms with Gasteiger partial charge in [-0.15, -0.1) is 0 Å². The molecule has 7 nitrogen and oxygen atoms in total. The molecule has 0 aromatic heterocycles. The van der Waals surface area contributed by atoms with Crippen molar-refractivity contribution >= 4 is 23.5 Å². The molecule has 1 unspecified atom stereocenters. The van der Waals surface area contributed by atoms with Gasteiger partial charge in [0.05, 0.1) is 23.4 Å². The van der Waals surface area contributed by atoms with Crippen molar-refractivity contribution in [2.45, 2.75) is 65.1 Å². The second kappa shape index (κ2) is 12.1. The Bertz CT molecular complexity index is 943. The van der Waals surface area contributed by atoms with E-state index in [4.69, 9.17) is 4.74 Å². The van der Waals surface area contributed by atoms with Gasteiger partial charge in [0.1, 0.15) is 6.07 Å². The molecular weight excluding hydrogens is 426 g/mol. The van der Waals surface area contributed by atoms with E-state index in [1.807, 2.05) is 45.1 Å². The normalized spacial score (nSPS) is 23.4. The third-order valence-electron chi connectivity index (χ3n) is 7.09. The van der Waals surface area contributed by atoms with Gasteiger partial charge in [-0.25, -0.2) is 0 Å². The van der Waals surface area contributed by atoms with E-state index in [0.29, 0.717) is 23.3 Å². The number of nitrogens with zero attached hydrogens (tertiary/aromatic N) is 4. The number of allylic oxidation sites excluding steroid dienone is 2. The Morgan fingerprint density at radius 3 is 2.71 bits per heavy atom. The second-order valence-electron chi connectivity index (χ2n) is 9.62. The Morgan fingerprint density at radius 2 is 2.06 bits per heavy atom. The lowest BCUT2D eigenvalue weighted by molar-refractivity contribution is -0.127. The van der Waals surface area contributed by atoms with Gasteiger partial charge < -0.3 is 15.0 Å². The lowest BCUT2D eigenvalue weighted by Gasteiger charge is -2.40. The van der Waals surface area contributed by atoms with Crippen molar-refractivity contribution in [2.24, 2.45) is 10.9 Å². The first kappa shape index (κ1) is 25.9. The fourth-order valence-corrected chi connectivity index (χ4v) is 5.13. The molecule has 2 fully saturated rings. The molecular formula is C27H39N5O2. The molecule has 184 valence electrons. The Hall–Kier alpha value is -2.69. The van der Waals surface area contributed by atoms with Crippen molar-refractivity contribution in [3.63, 3.8) is 0 Å². The van der Waals surface area contributed by atoms with Crippen LogP contribution in [0.25, 0.3) is 0 Å². The van der Waals surface area contributed by atoms with Gasteiger partial charge in [-0.05, 0) is 69.7 Å². The molecule has 2 aliphatic rings. The molecule has 1 aromatic carbocycles. The topological polar surface area (TPSA) is 81.0 Å². The Morgan fingerprint density at radius 1 is 1.32 bits per heavy atom. The Labute approximate surface area is 204 Å². The first-order valence-corrected chi connectivity index (χ1v) is 12.4. The van der Waals surface area contributed by atoms with Gasteiger partial charge in [-0.2, -0.15) is 5.26 Å². The number of amides is 1. The van der Waals surface area contributed by atoms with Crippen LogP contribution in [0.2, 0.25) is 0 Å². The number of carbonyl (C=O) groups excluding carboxylic acids is 1. The first-order valence-electron chi connectivity index (χ1n) is 12.4. The third-order valence-corrected chi connectivity index (χ3v) is 7.09. The first-order chi connectivity index (χ1) is 16.4. The summed E-state index contributed by atoms with van der Waals surface area (Å²) < 4.78 is 5.46. The lowest BCUT2D eigenvalue weighted by atomic mass is 9.94. The lowest BCUT2D eigenvalue weighted by Crippen LogP contribution is -2.55. The molecule has 0 aliphatic carbocycles. The van der Waals surface area contributed by atoms with Crippen LogP contribution in [0.5, 0.6) is 0 Å². The number of rotatable bonds is 7. The highest BCUT2D eigenvalue weighted by atomic mass is 16.5. The fourth-order valence-electron chi connectivity index (χ4n) is 5.13. The average molecular weight is 466 g/mol. The van der Waals surface area contributed by atoms with E-state index in [1.54, 1.807) is 13.3 Å². The number of methoxy groups -OCH3 is 1. The largest absolute Gasteiger partial charge is 0.381 e. The number of piperidine rings is 2. The maximum atomic E-state index is 13.1. The van der Waals surface area contributed by atoms with Gasteiger partial charge in [0, 0.05) is 51.2 Å². The summed E-state index contributed by atoms with van der Waals surface area (Å²) in [5.74, 6) is 0.542. The fraction of sp³-hybridized carbons (Fsp3) is 0.593. The number of benzene rings is 1. The summed E-state index contributed by atoms with van der Waals surface area (Å²) >= 11 is 0. The van der Waals surface area contributed by atoms with E-state index >= 15 is 0 Å². The molecule has 0 radical (unpaired) electrons. The van der Waals surface area contributed by atoms with Crippen molar-refractivity contribution in [1.82, 2.24) is 10.2 Å². The number of aliphatic imine (C=N–C) groups is 1. The molecule has 3 atom stereocenters. The van der Waals surface area contributed by atoms with E-state index in [2.05, 4.69) is 33.1 Å². The molecule has 1 N–H and O–H groups in total. The minimum Gasteiger partial charge on any atom is -0.381 e. The minimum absolute atomic E-state index is 0.0835. The molecule has 2 aliphatic heterocycles. The van der Waals surface area contributed by atoms with Crippen molar-refractivity contribution in [3.8, 4) is 6.07 Å². The quantitative estimate of drug-likeness (QED) is 0.616. The van der Waals surface area contributed by atoms with Gasteiger partial charge in [-0.1, -0.05) is 13.0 Å². The number of hydrogen-bond acceptors (Lipinski definition) is 6. The average Bonchev–Trinajstić information content (AvgIpc) is 2.84. The van der Waals surface area contributed by atoms with Crippen LogP contribution in [-0.2, 0) is 9.53 Å². The van der Waals surface area contributed by atoms with Crippen LogP contribution in [0.4, 0.5) is 11.4 Å². The van der Waals surface area contributed by atoms with Crippen LogP contribution in [0.1, 0.15) is 51.2 Å². The summed E-state index contributed by atoms with van der Waals surface area (Å²) in [6.07, 6.45) is 8.71. The summed E-state index contributed by atoms with van der Waals surface area (Å²) in [5.41, 5.74) is 3.36. The van der Waals surface area contributed by atoms with Crippen molar-refractivity contribution < 1.29 is 9.53 Å². The number of carbonyl (C=O) groups is 1. The molecule has 1 amide bonds. The maximum absolute atomic E-state index is 13.1. The van der Waals surface area contributed by atoms with Crippen LogP contribution in [-0.4, -0.2) is 68.5 Å². The molecule has 7 heteroatoms. The molecule has 0 saturated carbocycles. The number of nitrogens with one attached hydrogen (secondary N) is 1. The zero-order chi connectivity index (χ0) is 24.7. The van der Waals surface area contributed by atoms with E-state index in [9.17, 15) is 10.1 Å². The van der Waals surface area contributed by atoms with Crippen LogP contribution < -0.4 is 10.2 Å². The molecule has 34 heavy (non-hydrogen) atoms. The summed E-state index contributed by atoms with van der Waals surface area (Å²) in [5, 5.41) is 12.9. The van der Waals surface area contributed by atoms with Crippen LogP contribution in [0.3, 0.4) is 0 Å². The predicted molar refractivity (Wildman–Crippen MR) is 138 cm³/mol. The zero-order valence-electron chi connectivity index (χ0n) is 21.3. The van der Waals surface area contributed by atoms with Crippen molar-refractivity contribution in [1.29, 1.82) is 5.26 Å². The minimum atomic E-state index is -0.146. The van der Waals surface area contributed by atoms with Gasteiger partial charge in [-0.3, -0.25) is 14.7 Å². The number of hydrogen-bond donors (Lipinski definition) is 1. The highest BCUT2D eigenvalue weighted by Gasteiger charge is 2.31. The molecule has 0 bridgehead atoms. The summed E-state index contributed by atoms with van der Waals surface area (Å²) in [6, 6.07) is 6.07. The second-order valence-corrected chi connectivity index (χ2v) is 9.62. The van der Waals surface area contributed by atoms with Crippen LogP contribution in [0, 0.1) is 24.2 Å². The van der Waals surface area contributed by atoms with Crippen molar-refractivity contribution in [3.05, 3.63) is 35.4 Å². The summed E-state index contributed by atoms with van der Waals surface area (Å²) in [4.78, 5) is 22.2. The highest BCUT2D eigenvalue weighted by molar-refractivity contribution is 5.82. The smallest absolute Gasteiger partial charge is 0.237 e. The number of nitriles is 1. The Balaban J connectivity index is 1.71. The monoisotopic (exact) mass is 465 g/mol. The molecule has 0 spiro atoms. The standard InChI is InChI=1S/C27H39N5O2/c1-6-7-12-29-26-20(3)25(9-8-22(26)16-28)32-17-19(2)15-23(18-32)30-27(33)21(4)31-13-10-24(34-5)11-14-31/h6-9,12,19,21,23-24H,10-11,13-15,17-18H2,1-5H3,(H,30,33)/b7-6+,29-12-/t19-,21?,23+/m0/s1. The van der Waals surface area contributed by atoms with E-state index in [-0.39, 0.29) is 18.0 Å². The number of likely N-dealkylation sites (tertiary alicyclic amines) is 1. The van der Waals surface area contributed by atoms with Gasteiger partial charge >= 0.3 is 0 Å². The van der Waals surface area contributed by atoms with E-state index < -0.39 is 0 Å². The molecule has 2 saturated heterocycles. The van der Waals surface area contributed by atoms with Crippen molar-refractivity contribution in [2.75, 3.05) is 38.2 Å². The molecule has 3 rings (SSSR count). The van der Waals surface area contributed by atoms with Crippen LogP contribution in [0.15, 0.2) is 29.3 Å². The van der Waals surface area contributed by atoms with Gasteiger partial charge in [0.25, 0.3) is 0 Å². The number of ether oxygens (including phenoxy) is 1. The Kier molecular flexibility index (Phi) is 9.26. The van der Waals surface area contributed by atoms with E-state index in [1.165, 1.54) is 0 Å². The van der Waals surface area contributed by atoms with Crippen LogP contribution >= 0.6 is 0 Å². The number of anilines is 1. The SMILES string of the molecule is C/C=C/C=N\c1c(C#N)ccc(N2C[C@@H](C)C[C@@H](NC(=O)C(C)N3CCC(OC)CC3)C2)c1C. The molecule has 2 heterocycles. The van der Waals surface area contributed by atoms with Gasteiger partial charge in [0.15, 0.2) is 0 Å².